The van der Waals surface area contributed by atoms with E-state index < -0.39 is 16.1 Å². The molecule has 2 amide bonds. The molecule has 0 aliphatic carbocycles. The molecule has 27 heavy (non-hydrogen) atoms. The predicted octanol–water partition coefficient (Wildman–Crippen LogP) is 3.07. The number of rotatable bonds is 8. The molecule has 0 saturated carbocycles. The van der Waals surface area contributed by atoms with Crippen LogP contribution in [0.4, 0.5) is 4.79 Å². The van der Waals surface area contributed by atoms with Gasteiger partial charge in [-0.2, -0.15) is 0 Å². The number of carbonyl (C=O) groups excluding carboxylic acids is 1. The summed E-state index contributed by atoms with van der Waals surface area (Å²) in [5.41, 5.74) is 2.02. The summed E-state index contributed by atoms with van der Waals surface area (Å²) in [6.07, 6.45) is 0. The Morgan fingerprint density at radius 3 is 2.15 bits per heavy atom. The molecule has 0 aliphatic rings. The van der Waals surface area contributed by atoms with E-state index in [-0.39, 0.29) is 10.9 Å². The maximum absolute atomic E-state index is 12.3. The Morgan fingerprint density at radius 1 is 1.00 bits per heavy atom. The van der Waals surface area contributed by atoms with E-state index in [1.807, 2.05) is 37.3 Å². The predicted molar refractivity (Wildman–Crippen MR) is 107 cm³/mol. The number of sulfonamides is 1. The molecular formula is C20H27N3O3S. The Morgan fingerprint density at radius 2 is 1.59 bits per heavy atom. The maximum atomic E-state index is 12.3. The molecule has 0 aliphatic heterocycles. The van der Waals surface area contributed by atoms with E-state index in [4.69, 9.17) is 0 Å². The van der Waals surface area contributed by atoms with E-state index >= 15 is 0 Å². The summed E-state index contributed by atoms with van der Waals surface area (Å²) in [6.45, 7) is 7.93. The van der Waals surface area contributed by atoms with Gasteiger partial charge in [0, 0.05) is 6.54 Å². The van der Waals surface area contributed by atoms with Crippen LogP contribution in [0.25, 0.3) is 0 Å². The smallest absolute Gasteiger partial charge is 0.328 e. The summed E-state index contributed by atoms with van der Waals surface area (Å²) in [5.74, 6) is 0. The topological polar surface area (TPSA) is 78.5 Å². The zero-order valence-electron chi connectivity index (χ0n) is 16.0. The number of hydrogen-bond donors (Lipinski definition) is 2. The second kappa shape index (κ2) is 9.53. The van der Waals surface area contributed by atoms with Crippen molar-refractivity contribution in [3.05, 3.63) is 65.7 Å². The van der Waals surface area contributed by atoms with Gasteiger partial charge in [-0.1, -0.05) is 61.9 Å². The van der Waals surface area contributed by atoms with Crippen LogP contribution in [0, 0.1) is 6.92 Å². The van der Waals surface area contributed by atoms with Crippen molar-refractivity contribution >= 4 is 16.1 Å². The lowest BCUT2D eigenvalue weighted by molar-refractivity contribution is 0.208. The molecule has 6 nitrogen and oxygen atoms in total. The normalized spacial score (nSPS) is 12.6. The average molecular weight is 390 g/mol. The molecule has 0 spiro atoms. The van der Waals surface area contributed by atoms with Crippen LogP contribution in [0.5, 0.6) is 0 Å². The number of urea groups is 1. The third-order valence-corrected chi connectivity index (χ3v) is 5.80. The second-order valence-electron chi connectivity index (χ2n) is 6.28. The number of carbonyl (C=O) groups is 1. The van der Waals surface area contributed by atoms with Crippen LogP contribution in [0.2, 0.25) is 0 Å². The minimum absolute atomic E-state index is 0.0333. The molecule has 0 saturated heterocycles. The molecular weight excluding hydrogens is 362 g/mol. The summed E-state index contributed by atoms with van der Waals surface area (Å²) in [4.78, 5) is 14.5. The zero-order valence-corrected chi connectivity index (χ0v) is 16.8. The molecule has 7 heteroatoms. The van der Waals surface area contributed by atoms with Gasteiger partial charge in [0.25, 0.3) is 10.0 Å². The van der Waals surface area contributed by atoms with Crippen molar-refractivity contribution in [2.24, 2.45) is 0 Å². The molecule has 0 aromatic heterocycles. The number of likely N-dealkylation sites (N-methyl/N-ethyl adjacent to an activating group) is 1. The van der Waals surface area contributed by atoms with Gasteiger partial charge in [-0.15, -0.1) is 0 Å². The third-order valence-electron chi connectivity index (χ3n) is 4.45. The monoisotopic (exact) mass is 389 g/mol. The lowest BCUT2D eigenvalue weighted by Crippen LogP contribution is -2.44. The second-order valence-corrected chi connectivity index (χ2v) is 7.96. The highest BCUT2D eigenvalue weighted by Crippen LogP contribution is 2.19. The van der Waals surface area contributed by atoms with Crippen LogP contribution in [0.15, 0.2) is 59.5 Å². The minimum Gasteiger partial charge on any atom is -0.335 e. The molecule has 2 rings (SSSR count). The Bertz CT molecular complexity index is 833. The maximum Gasteiger partial charge on any atom is 0.328 e. The van der Waals surface area contributed by atoms with Crippen molar-refractivity contribution in [1.29, 1.82) is 0 Å². The summed E-state index contributed by atoms with van der Waals surface area (Å²) in [6, 6.07) is 15.4. The van der Waals surface area contributed by atoms with Gasteiger partial charge in [0.1, 0.15) is 0 Å². The summed E-state index contributed by atoms with van der Waals surface area (Å²) < 4.78 is 26.7. The molecule has 146 valence electrons. The van der Waals surface area contributed by atoms with Gasteiger partial charge in [-0.05, 0) is 37.7 Å². The molecule has 0 fully saturated rings. The van der Waals surface area contributed by atoms with Gasteiger partial charge < -0.3 is 5.32 Å². The fourth-order valence-corrected chi connectivity index (χ4v) is 3.85. The van der Waals surface area contributed by atoms with Crippen molar-refractivity contribution < 1.29 is 13.2 Å². The molecule has 2 aromatic carbocycles. The van der Waals surface area contributed by atoms with Crippen LogP contribution < -0.4 is 10.0 Å². The summed E-state index contributed by atoms with van der Waals surface area (Å²) >= 11 is 0. The van der Waals surface area contributed by atoms with Gasteiger partial charge in [-0.25, -0.2) is 17.9 Å². The quantitative estimate of drug-likeness (QED) is 0.727. The van der Waals surface area contributed by atoms with Crippen molar-refractivity contribution in [1.82, 2.24) is 14.9 Å². The van der Waals surface area contributed by atoms with E-state index in [2.05, 4.69) is 28.8 Å². The van der Waals surface area contributed by atoms with Gasteiger partial charge in [0.15, 0.2) is 0 Å². The van der Waals surface area contributed by atoms with Crippen LogP contribution in [-0.4, -0.2) is 39.0 Å². The van der Waals surface area contributed by atoms with Gasteiger partial charge in [0.2, 0.25) is 0 Å². The number of hydrogen-bond acceptors (Lipinski definition) is 4. The third kappa shape index (κ3) is 5.80. The van der Waals surface area contributed by atoms with Crippen LogP contribution >= 0.6 is 0 Å². The van der Waals surface area contributed by atoms with E-state index in [1.54, 1.807) is 12.1 Å². The molecule has 0 radical (unpaired) electrons. The van der Waals surface area contributed by atoms with Gasteiger partial charge in [0.05, 0.1) is 10.9 Å². The van der Waals surface area contributed by atoms with Crippen molar-refractivity contribution in [2.75, 3.05) is 19.6 Å². The van der Waals surface area contributed by atoms with Gasteiger partial charge >= 0.3 is 6.03 Å². The van der Waals surface area contributed by atoms with Crippen molar-refractivity contribution in [3.8, 4) is 0 Å². The highest BCUT2D eigenvalue weighted by Gasteiger charge is 2.21. The molecule has 0 heterocycles. The largest absolute Gasteiger partial charge is 0.335 e. The van der Waals surface area contributed by atoms with Crippen molar-refractivity contribution in [2.45, 2.75) is 31.7 Å². The average Bonchev–Trinajstić information content (AvgIpc) is 2.65. The zero-order chi connectivity index (χ0) is 19.9. The highest BCUT2D eigenvalue weighted by atomic mass is 32.2. The van der Waals surface area contributed by atoms with Crippen LogP contribution in [0.1, 0.15) is 31.0 Å². The fraction of sp³-hybridized carbons (Fsp3) is 0.350. The fourth-order valence-electron chi connectivity index (χ4n) is 2.92. The molecule has 0 bridgehead atoms. The van der Waals surface area contributed by atoms with E-state index in [1.165, 1.54) is 12.1 Å². The minimum atomic E-state index is -3.90. The summed E-state index contributed by atoms with van der Waals surface area (Å²) in [5, 5.41) is 2.70. The first kappa shape index (κ1) is 20.9. The van der Waals surface area contributed by atoms with E-state index in [9.17, 15) is 13.2 Å². The molecule has 2 N–H and O–H groups in total. The standard InChI is InChI=1S/C20H27N3O3S/c1-4-23(5-2)19(17-9-7-6-8-10-17)15-21-20(24)22-27(25,26)18-13-11-16(3)12-14-18/h6-14,19H,4-5,15H2,1-3H3,(H2,21,22,24). The molecule has 2 aromatic rings. The van der Waals surface area contributed by atoms with Crippen LogP contribution in [0.3, 0.4) is 0 Å². The Balaban J connectivity index is 2.06. The van der Waals surface area contributed by atoms with E-state index in [0.29, 0.717) is 6.54 Å². The number of benzene rings is 2. The first-order valence-corrected chi connectivity index (χ1v) is 10.5. The first-order chi connectivity index (χ1) is 12.9. The van der Waals surface area contributed by atoms with Crippen molar-refractivity contribution in [3.63, 3.8) is 0 Å². The SMILES string of the molecule is CCN(CC)C(CNC(=O)NS(=O)(=O)c1ccc(C)cc1)c1ccccc1. The van der Waals surface area contributed by atoms with Gasteiger partial charge in [-0.3, -0.25) is 4.90 Å². The van der Waals surface area contributed by atoms with Crippen LogP contribution in [-0.2, 0) is 10.0 Å². The number of aryl methyl sites for hydroxylation is 1. The number of nitrogens with zero attached hydrogens (tertiary/aromatic N) is 1. The first-order valence-electron chi connectivity index (χ1n) is 9.03. The number of amides is 2. The lowest BCUT2D eigenvalue weighted by Gasteiger charge is -2.30. The summed E-state index contributed by atoms with van der Waals surface area (Å²) in [7, 11) is -3.90. The molecule has 1 unspecified atom stereocenters. The Kier molecular flexibility index (Phi) is 7.38. The Labute approximate surface area is 161 Å². The van der Waals surface area contributed by atoms with E-state index in [0.717, 1.165) is 24.2 Å². The highest BCUT2D eigenvalue weighted by molar-refractivity contribution is 7.90. The number of nitrogens with one attached hydrogen (secondary N) is 2. The Hall–Kier alpha value is -2.38. The molecule has 1 atom stereocenters. The lowest BCUT2D eigenvalue weighted by atomic mass is 10.1.